The number of aryl methyl sites for hydroxylation is 2. The topological polar surface area (TPSA) is 101 Å². The number of nitrogens with one attached hydrogen (secondary N) is 1. The molecule has 7 nitrogen and oxygen atoms in total. The standard InChI is InChI=1S/C18H17N3O4S/c1-4-25-18(24)14-9(2)13-15(19-10(3)20-16(13)26-14)21-12-7-5-11(6-8-12)17(22)23/h5-8H,4H2,1-3H3,(H,22,23)(H,19,20,21). The molecule has 3 rings (SSSR count). The molecule has 26 heavy (non-hydrogen) atoms. The summed E-state index contributed by atoms with van der Waals surface area (Å²) in [4.78, 5) is 33.2. The summed E-state index contributed by atoms with van der Waals surface area (Å²) in [5.74, 6) is -0.217. The van der Waals surface area contributed by atoms with E-state index in [9.17, 15) is 9.59 Å². The van der Waals surface area contributed by atoms with Crippen LogP contribution in [0.3, 0.4) is 0 Å². The molecular weight excluding hydrogens is 354 g/mol. The fourth-order valence-corrected chi connectivity index (χ4v) is 3.68. The lowest BCUT2D eigenvalue weighted by molar-refractivity contribution is 0.0531. The molecule has 2 aromatic heterocycles. The van der Waals surface area contributed by atoms with Gasteiger partial charge in [0.05, 0.1) is 17.6 Å². The highest BCUT2D eigenvalue weighted by molar-refractivity contribution is 7.20. The number of carbonyl (C=O) groups is 2. The Hall–Kier alpha value is -3.00. The van der Waals surface area contributed by atoms with Crippen LogP contribution in [0.25, 0.3) is 10.2 Å². The summed E-state index contributed by atoms with van der Waals surface area (Å²) in [6.45, 7) is 5.68. The van der Waals surface area contributed by atoms with Crippen LogP contribution in [0.2, 0.25) is 0 Å². The highest BCUT2D eigenvalue weighted by atomic mass is 32.1. The fraction of sp³-hybridized carbons (Fsp3) is 0.222. The first kappa shape index (κ1) is 17.8. The fourth-order valence-electron chi connectivity index (χ4n) is 2.56. The number of thiophene rings is 1. The number of aromatic nitrogens is 2. The first-order valence-corrected chi connectivity index (χ1v) is 8.77. The van der Waals surface area contributed by atoms with Crippen molar-refractivity contribution in [3.8, 4) is 0 Å². The van der Waals surface area contributed by atoms with Gasteiger partial charge in [-0.2, -0.15) is 0 Å². The molecular formula is C18H17N3O4S. The molecule has 0 atom stereocenters. The Labute approximate surface area is 153 Å². The highest BCUT2D eigenvalue weighted by Crippen LogP contribution is 2.35. The Morgan fingerprint density at radius 1 is 1.19 bits per heavy atom. The first-order valence-electron chi connectivity index (χ1n) is 7.96. The molecule has 0 spiro atoms. The van der Waals surface area contributed by atoms with Gasteiger partial charge in [0.1, 0.15) is 21.3 Å². The van der Waals surface area contributed by atoms with Crippen molar-refractivity contribution < 1.29 is 19.4 Å². The summed E-state index contributed by atoms with van der Waals surface area (Å²) in [5.41, 5.74) is 1.65. The van der Waals surface area contributed by atoms with Crippen molar-refractivity contribution in [2.45, 2.75) is 20.8 Å². The lowest BCUT2D eigenvalue weighted by Crippen LogP contribution is -2.04. The summed E-state index contributed by atoms with van der Waals surface area (Å²) in [6.07, 6.45) is 0. The van der Waals surface area contributed by atoms with Gasteiger partial charge in [0.15, 0.2) is 0 Å². The van der Waals surface area contributed by atoms with Crippen LogP contribution >= 0.6 is 11.3 Å². The molecule has 0 saturated carbocycles. The van der Waals surface area contributed by atoms with Crippen molar-refractivity contribution in [1.82, 2.24) is 9.97 Å². The number of hydrogen-bond donors (Lipinski definition) is 2. The number of ether oxygens (including phenoxy) is 1. The molecule has 0 aliphatic heterocycles. The van der Waals surface area contributed by atoms with Crippen molar-refractivity contribution in [1.29, 1.82) is 0 Å². The monoisotopic (exact) mass is 371 g/mol. The van der Waals surface area contributed by atoms with E-state index < -0.39 is 5.97 Å². The third-order valence-corrected chi connectivity index (χ3v) is 4.92. The zero-order chi connectivity index (χ0) is 18.8. The molecule has 0 amide bonds. The lowest BCUT2D eigenvalue weighted by Gasteiger charge is -2.09. The van der Waals surface area contributed by atoms with Crippen molar-refractivity contribution in [2.75, 3.05) is 11.9 Å². The second kappa shape index (κ2) is 7.09. The summed E-state index contributed by atoms with van der Waals surface area (Å²) < 4.78 is 5.11. The van der Waals surface area contributed by atoms with Gasteiger partial charge in [0.25, 0.3) is 0 Å². The van der Waals surface area contributed by atoms with E-state index in [1.807, 2.05) is 6.92 Å². The zero-order valence-corrected chi connectivity index (χ0v) is 15.3. The molecule has 3 aromatic rings. The number of aromatic carboxylic acids is 1. The Kier molecular flexibility index (Phi) is 4.85. The molecule has 0 radical (unpaired) electrons. The van der Waals surface area contributed by atoms with Gasteiger partial charge in [-0.05, 0) is 50.6 Å². The van der Waals surface area contributed by atoms with Crippen LogP contribution in [0.4, 0.5) is 11.5 Å². The summed E-state index contributed by atoms with van der Waals surface area (Å²) in [7, 11) is 0. The lowest BCUT2D eigenvalue weighted by atomic mass is 10.2. The van der Waals surface area contributed by atoms with E-state index >= 15 is 0 Å². The largest absolute Gasteiger partial charge is 0.478 e. The first-order chi connectivity index (χ1) is 12.4. The number of anilines is 2. The molecule has 0 aliphatic carbocycles. The SMILES string of the molecule is CCOC(=O)c1sc2nc(C)nc(Nc3ccc(C(=O)O)cc3)c2c1C. The normalized spacial score (nSPS) is 10.7. The number of carboxylic acids is 1. The third-order valence-electron chi connectivity index (χ3n) is 3.76. The van der Waals surface area contributed by atoms with Gasteiger partial charge in [0, 0.05) is 5.69 Å². The van der Waals surface area contributed by atoms with Gasteiger partial charge >= 0.3 is 11.9 Å². The summed E-state index contributed by atoms with van der Waals surface area (Å²) in [6, 6.07) is 6.36. The van der Waals surface area contributed by atoms with Crippen molar-refractivity contribution in [3.63, 3.8) is 0 Å². The van der Waals surface area contributed by atoms with Crippen LogP contribution in [0.15, 0.2) is 24.3 Å². The van der Waals surface area contributed by atoms with Crippen LogP contribution in [0.1, 0.15) is 38.3 Å². The quantitative estimate of drug-likeness (QED) is 0.655. The number of carboxylic acid groups (broad SMARTS) is 1. The minimum absolute atomic E-state index is 0.205. The van der Waals surface area contributed by atoms with Crippen molar-refractivity contribution in [3.05, 3.63) is 46.1 Å². The second-order valence-electron chi connectivity index (χ2n) is 5.58. The number of nitrogens with zero attached hydrogens (tertiary/aromatic N) is 2. The molecule has 0 saturated heterocycles. The number of esters is 1. The van der Waals surface area contributed by atoms with E-state index in [2.05, 4.69) is 15.3 Å². The molecule has 2 heterocycles. The minimum Gasteiger partial charge on any atom is -0.478 e. The van der Waals surface area contributed by atoms with Crippen LogP contribution in [0.5, 0.6) is 0 Å². The number of rotatable bonds is 5. The maximum Gasteiger partial charge on any atom is 0.348 e. The van der Waals surface area contributed by atoms with Crippen molar-refractivity contribution >= 4 is 45.0 Å². The molecule has 0 unspecified atom stereocenters. The van der Waals surface area contributed by atoms with E-state index in [0.29, 0.717) is 33.6 Å². The van der Waals surface area contributed by atoms with E-state index in [1.165, 1.54) is 23.5 Å². The number of hydrogen-bond acceptors (Lipinski definition) is 7. The molecule has 0 fully saturated rings. The molecule has 0 bridgehead atoms. The van der Waals surface area contributed by atoms with Crippen LogP contribution in [0, 0.1) is 13.8 Å². The van der Waals surface area contributed by atoms with E-state index in [4.69, 9.17) is 9.84 Å². The molecule has 2 N–H and O–H groups in total. The maximum absolute atomic E-state index is 12.2. The van der Waals surface area contributed by atoms with Gasteiger partial charge in [-0.15, -0.1) is 11.3 Å². The Morgan fingerprint density at radius 2 is 1.88 bits per heavy atom. The molecule has 1 aromatic carbocycles. The Morgan fingerprint density at radius 3 is 2.50 bits per heavy atom. The van der Waals surface area contributed by atoms with E-state index in [-0.39, 0.29) is 11.5 Å². The van der Waals surface area contributed by atoms with Crippen LogP contribution in [-0.2, 0) is 4.74 Å². The van der Waals surface area contributed by atoms with Gasteiger partial charge in [-0.1, -0.05) is 0 Å². The van der Waals surface area contributed by atoms with Gasteiger partial charge in [-0.3, -0.25) is 0 Å². The Bertz CT molecular complexity index is 996. The average Bonchev–Trinajstić information content (AvgIpc) is 2.92. The van der Waals surface area contributed by atoms with E-state index in [0.717, 1.165) is 10.9 Å². The zero-order valence-electron chi connectivity index (χ0n) is 14.5. The summed E-state index contributed by atoms with van der Waals surface area (Å²) >= 11 is 1.27. The smallest absolute Gasteiger partial charge is 0.348 e. The highest BCUT2D eigenvalue weighted by Gasteiger charge is 2.21. The van der Waals surface area contributed by atoms with E-state index in [1.54, 1.807) is 26.0 Å². The average molecular weight is 371 g/mol. The number of carbonyl (C=O) groups excluding carboxylic acids is 1. The predicted octanol–water partition coefficient (Wildman–Crippen LogP) is 3.93. The van der Waals surface area contributed by atoms with Crippen LogP contribution < -0.4 is 5.32 Å². The third kappa shape index (κ3) is 3.36. The minimum atomic E-state index is -0.982. The molecule has 8 heteroatoms. The van der Waals surface area contributed by atoms with Gasteiger partial charge in [-0.25, -0.2) is 19.6 Å². The summed E-state index contributed by atoms with van der Waals surface area (Å²) in [5, 5.41) is 12.9. The number of benzene rings is 1. The van der Waals surface area contributed by atoms with Crippen molar-refractivity contribution in [2.24, 2.45) is 0 Å². The predicted molar refractivity (Wildman–Crippen MR) is 99.5 cm³/mol. The molecule has 134 valence electrons. The second-order valence-corrected chi connectivity index (χ2v) is 6.58. The van der Waals surface area contributed by atoms with Gasteiger partial charge in [0.2, 0.25) is 0 Å². The Balaban J connectivity index is 2.04. The number of fused-ring (bicyclic) bond motifs is 1. The van der Waals surface area contributed by atoms with Gasteiger partial charge < -0.3 is 15.2 Å². The van der Waals surface area contributed by atoms with Crippen LogP contribution in [-0.4, -0.2) is 33.6 Å². The molecule has 0 aliphatic rings. The maximum atomic E-state index is 12.2.